The molecule has 0 atom stereocenters. The molecule has 0 unspecified atom stereocenters. The summed E-state index contributed by atoms with van der Waals surface area (Å²) >= 11 is 0. The molecular weight excluding hydrogens is 204 g/mol. The van der Waals surface area contributed by atoms with Gasteiger partial charge in [0.15, 0.2) is 5.82 Å². The van der Waals surface area contributed by atoms with Gasteiger partial charge in [-0.25, -0.2) is 4.98 Å². The van der Waals surface area contributed by atoms with Gasteiger partial charge in [-0.2, -0.15) is 0 Å². The Balaban J connectivity index is 2.87. The smallest absolute Gasteiger partial charge is 0.293 e. The molecule has 0 aliphatic rings. The third-order valence-corrected chi connectivity index (χ3v) is 2.42. The maximum absolute atomic E-state index is 12.0. The molecule has 1 aromatic heterocycles. The number of hydrogen-bond acceptors (Lipinski definition) is 4. The van der Waals surface area contributed by atoms with E-state index in [1.165, 1.54) is 0 Å². The normalized spacial score (nSPS) is 10.4. The maximum Gasteiger partial charge on any atom is 0.293 e. The van der Waals surface area contributed by atoms with E-state index in [4.69, 9.17) is 5.73 Å². The van der Waals surface area contributed by atoms with Crippen LogP contribution in [-0.2, 0) is 6.54 Å². The van der Waals surface area contributed by atoms with Crippen molar-refractivity contribution in [1.29, 1.82) is 0 Å². The van der Waals surface area contributed by atoms with E-state index in [-0.39, 0.29) is 5.56 Å². The fourth-order valence-corrected chi connectivity index (χ4v) is 1.55. The van der Waals surface area contributed by atoms with Gasteiger partial charge >= 0.3 is 0 Å². The summed E-state index contributed by atoms with van der Waals surface area (Å²) in [5, 5.41) is 0. The average molecular weight is 224 g/mol. The molecule has 2 N–H and O–H groups in total. The molecule has 0 spiro atoms. The highest BCUT2D eigenvalue weighted by Crippen LogP contribution is 2.01. The summed E-state index contributed by atoms with van der Waals surface area (Å²) < 4.78 is 1.70. The van der Waals surface area contributed by atoms with Gasteiger partial charge in [-0.3, -0.25) is 4.79 Å². The van der Waals surface area contributed by atoms with Gasteiger partial charge in [-0.15, -0.1) is 0 Å². The molecular formula is C11H20N4O. The monoisotopic (exact) mass is 224 g/mol. The topological polar surface area (TPSA) is 64.2 Å². The predicted molar refractivity (Wildman–Crippen MR) is 65.7 cm³/mol. The first-order valence-corrected chi connectivity index (χ1v) is 5.67. The molecule has 1 heterocycles. The van der Waals surface area contributed by atoms with Crippen LogP contribution >= 0.6 is 0 Å². The predicted octanol–water partition coefficient (Wildman–Crippen LogP) is 0.438. The maximum atomic E-state index is 12.0. The van der Waals surface area contributed by atoms with Crippen LogP contribution in [0.2, 0.25) is 0 Å². The molecule has 0 aliphatic heterocycles. The number of anilines is 1. The molecule has 0 aliphatic carbocycles. The van der Waals surface area contributed by atoms with E-state index in [1.807, 2.05) is 18.9 Å². The number of aryl methyl sites for hydroxylation is 1. The average Bonchev–Trinajstić information content (AvgIpc) is 2.29. The fourth-order valence-electron chi connectivity index (χ4n) is 1.55. The van der Waals surface area contributed by atoms with Crippen LogP contribution in [-0.4, -0.2) is 29.7 Å². The Hall–Kier alpha value is -1.36. The summed E-state index contributed by atoms with van der Waals surface area (Å²) in [7, 11) is 1.87. The summed E-state index contributed by atoms with van der Waals surface area (Å²) in [4.78, 5) is 18.0. The van der Waals surface area contributed by atoms with Crippen LogP contribution in [0.15, 0.2) is 17.2 Å². The van der Waals surface area contributed by atoms with Crippen molar-refractivity contribution in [2.45, 2.75) is 26.3 Å². The van der Waals surface area contributed by atoms with Crippen molar-refractivity contribution < 1.29 is 0 Å². The van der Waals surface area contributed by atoms with E-state index in [0.29, 0.717) is 12.4 Å². The molecule has 1 rings (SSSR count). The number of hydrogen-bond donors (Lipinski definition) is 1. The van der Waals surface area contributed by atoms with Crippen molar-refractivity contribution >= 4 is 5.82 Å². The minimum absolute atomic E-state index is 0.0242. The van der Waals surface area contributed by atoms with Crippen LogP contribution in [0, 0.1) is 0 Å². The van der Waals surface area contributed by atoms with Crippen LogP contribution in [0.4, 0.5) is 5.82 Å². The lowest BCUT2D eigenvalue weighted by molar-refractivity contribution is 0.643. The molecule has 0 bridgehead atoms. The first kappa shape index (κ1) is 12.7. The minimum Gasteiger partial charge on any atom is -0.355 e. The number of rotatable bonds is 6. The standard InChI is InChI=1S/C11H20N4O/c1-3-7-15-9-6-13-10(11(15)16)14(2)8-4-5-12/h6,9H,3-5,7-8,12H2,1-2H3. The molecule has 0 saturated carbocycles. The Labute approximate surface area is 95.9 Å². The second-order valence-electron chi connectivity index (χ2n) is 3.81. The zero-order valence-corrected chi connectivity index (χ0v) is 10.0. The van der Waals surface area contributed by atoms with Crippen molar-refractivity contribution in [3.05, 3.63) is 22.7 Å². The summed E-state index contributed by atoms with van der Waals surface area (Å²) in [6, 6.07) is 0. The lowest BCUT2D eigenvalue weighted by Gasteiger charge is -2.17. The van der Waals surface area contributed by atoms with Crippen LogP contribution in [0.1, 0.15) is 19.8 Å². The zero-order chi connectivity index (χ0) is 12.0. The van der Waals surface area contributed by atoms with Gasteiger partial charge in [0.2, 0.25) is 0 Å². The summed E-state index contributed by atoms with van der Waals surface area (Å²) in [6.07, 6.45) is 5.20. The molecule has 0 amide bonds. The summed E-state index contributed by atoms with van der Waals surface area (Å²) in [5.41, 5.74) is 5.42. The number of nitrogens with two attached hydrogens (primary N) is 1. The van der Waals surface area contributed by atoms with Crippen molar-refractivity contribution in [3.8, 4) is 0 Å². The number of aromatic nitrogens is 2. The van der Waals surface area contributed by atoms with Gasteiger partial charge in [-0.1, -0.05) is 6.92 Å². The highest BCUT2D eigenvalue weighted by Gasteiger charge is 2.08. The first-order valence-electron chi connectivity index (χ1n) is 5.67. The second-order valence-corrected chi connectivity index (χ2v) is 3.81. The Morgan fingerprint density at radius 2 is 2.31 bits per heavy atom. The summed E-state index contributed by atoms with van der Waals surface area (Å²) in [5.74, 6) is 0.504. The van der Waals surface area contributed by atoms with E-state index < -0.39 is 0 Å². The lowest BCUT2D eigenvalue weighted by Crippen LogP contribution is -2.31. The third-order valence-electron chi connectivity index (χ3n) is 2.42. The van der Waals surface area contributed by atoms with Crippen LogP contribution < -0.4 is 16.2 Å². The Morgan fingerprint density at radius 3 is 2.94 bits per heavy atom. The van der Waals surface area contributed by atoms with Gasteiger partial charge in [0.05, 0.1) is 0 Å². The molecule has 5 nitrogen and oxygen atoms in total. The van der Waals surface area contributed by atoms with E-state index in [1.54, 1.807) is 17.0 Å². The minimum atomic E-state index is -0.0242. The second kappa shape index (κ2) is 6.27. The molecule has 5 heteroatoms. The molecule has 16 heavy (non-hydrogen) atoms. The molecule has 0 fully saturated rings. The SMILES string of the molecule is CCCn1ccnc(N(C)CCCN)c1=O. The molecule has 1 aromatic rings. The van der Waals surface area contributed by atoms with E-state index >= 15 is 0 Å². The molecule has 0 radical (unpaired) electrons. The fraction of sp³-hybridized carbons (Fsp3) is 0.636. The highest BCUT2D eigenvalue weighted by molar-refractivity contribution is 5.34. The van der Waals surface area contributed by atoms with Gasteiger partial charge in [-0.05, 0) is 19.4 Å². The van der Waals surface area contributed by atoms with Gasteiger partial charge in [0.1, 0.15) is 0 Å². The van der Waals surface area contributed by atoms with Gasteiger partial charge < -0.3 is 15.2 Å². The van der Waals surface area contributed by atoms with Crippen molar-refractivity contribution in [2.75, 3.05) is 25.0 Å². The van der Waals surface area contributed by atoms with Crippen LogP contribution in [0.25, 0.3) is 0 Å². The lowest BCUT2D eigenvalue weighted by atomic mass is 10.4. The van der Waals surface area contributed by atoms with Gasteiger partial charge in [0, 0.05) is 32.5 Å². The molecule has 0 saturated heterocycles. The zero-order valence-electron chi connectivity index (χ0n) is 10.0. The van der Waals surface area contributed by atoms with Crippen LogP contribution in [0.3, 0.4) is 0 Å². The van der Waals surface area contributed by atoms with Crippen molar-refractivity contribution in [3.63, 3.8) is 0 Å². The molecule has 0 aromatic carbocycles. The van der Waals surface area contributed by atoms with E-state index in [2.05, 4.69) is 4.98 Å². The largest absolute Gasteiger partial charge is 0.355 e. The quantitative estimate of drug-likeness (QED) is 0.761. The van der Waals surface area contributed by atoms with E-state index in [9.17, 15) is 4.79 Å². The molecule has 90 valence electrons. The third kappa shape index (κ3) is 3.06. The van der Waals surface area contributed by atoms with Crippen LogP contribution in [0.5, 0.6) is 0 Å². The highest BCUT2D eigenvalue weighted by atomic mass is 16.1. The van der Waals surface area contributed by atoms with Crippen molar-refractivity contribution in [2.24, 2.45) is 5.73 Å². The Bertz CT molecular complexity index is 374. The summed E-state index contributed by atoms with van der Waals surface area (Å²) in [6.45, 7) is 4.17. The van der Waals surface area contributed by atoms with E-state index in [0.717, 1.165) is 25.9 Å². The Morgan fingerprint density at radius 1 is 1.56 bits per heavy atom. The van der Waals surface area contributed by atoms with Crippen molar-refractivity contribution in [1.82, 2.24) is 9.55 Å². The number of nitrogens with zero attached hydrogens (tertiary/aromatic N) is 3. The Kier molecular flexibility index (Phi) is 4.98. The first-order chi connectivity index (χ1) is 7.70. The van der Waals surface area contributed by atoms with Gasteiger partial charge in [0.25, 0.3) is 5.56 Å².